The highest BCUT2D eigenvalue weighted by molar-refractivity contribution is 8.15. The van der Waals surface area contributed by atoms with E-state index in [-0.39, 0.29) is 56.7 Å². The Kier molecular flexibility index (Phi) is 24.5. The van der Waals surface area contributed by atoms with Crippen molar-refractivity contribution >= 4 is 40.4 Å². The van der Waals surface area contributed by atoms with Crippen molar-refractivity contribution in [3.63, 3.8) is 0 Å². The number of aromatic nitrogens is 11. The van der Waals surface area contributed by atoms with Crippen LogP contribution in [0.2, 0.25) is 0 Å². The van der Waals surface area contributed by atoms with Crippen LogP contribution in [-0.4, -0.2) is 83.6 Å². The molecule has 0 radical (unpaired) electrons. The molecule has 344 valence electrons. The number of ketones is 1. The molecule has 23 heteroatoms. The van der Waals surface area contributed by atoms with Gasteiger partial charge in [-0.3, -0.25) is 38.8 Å². The highest BCUT2D eigenvalue weighted by atomic mass is 32.2. The molecule has 21 nitrogen and oxygen atoms in total. The predicted molar refractivity (Wildman–Crippen MR) is 238 cm³/mol. The monoisotopic (exact) mass is 905 g/mol. The zero-order valence-corrected chi connectivity index (χ0v) is 39.5. The maximum absolute atomic E-state index is 10.9. The molecule has 0 spiro atoms. The summed E-state index contributed by atoms with van der Waals surface area (Å²) >= 11 is 2.19. The smallest absolute Gasteiger partial charge is 0.357 e. The quantitative estimate of drug-likeness (QED) is 0.0973. The van der Waals surface area contributed by atoms with Crippen LogP contribution >= 0.6 is 23.5 Å². The van der Waals surface area contributed by atoms with Gasteiger partial charge in [0.2, 0.25) is 5.91 Å². The van der Waals surface area contributed by atoms with E-state index in [9.17, 15) is 28.8 Å². The van der Waals surface area contributed by atoms with Gasteiger partial charge in [0.25, 0.3) is 16.4 Å². The molecule has 5 aromatic heterocycles. The summed E-state index contributed by atoms with van der Waals surface area (Å²) in [5, 5.41) is 29.4. The number of amides is 2. The van der Waals surface area contributed by atoms with Crippen LogP contribution in [0.4, 0.5) is 4.79 Å². The lowest BCUT2D eigenvalue weighted by molar-refractivity contribution is -0.119. The maximum Gasteiger partial charge on any atom is 0.357 e. The molecule has 1 atom stereocenters. The molecule has 7 heterocycles. The summed E-state index contributed by atoms with van der Waals surface area (Å²) in [5.41, 5.74) is 2.03. The lowest BCUT2D eigenvalue weighted by Crippen LogP contribution is -2.27. The van der Waals surface area contributed by atoms with Gasteiger partial charge in [-0.05, 0) is 17.8 Å². The van der Waals surface area contributed by atoms with E-state index in [1.54, 1.807) is 6.08 Å². The molecular weight excluding hydrogens is 843 g/mol. The summed E-state index contributed by atoms with van der Waals surface area (Å²) in [6.07, 6.45) is 3.21. The molecule has 0 bridgehead atoms. The summed E-state index contributed by atoms with van der Waals surface area (Å²) in [7, 11) is 0. The van der Waals surface area contributed by atoms with Gasteiger partial charge >= 0.3 is 5.63 Å². The van der Waals surface area contributed by atoms with Crippen LogP contribution < -0.4 is 27.4 Å². The molecule has 2 aliphatic heterocycles. The second kappa shape index (κ2) is 28.0. The minimum absolute atomic E-state index is 0.0463. The van der Waals surface area contributed by atoms with Crippen LogP contribution in [0.5, 0.6) is 0 Å². The first-order valence-corrected chi connectivity index (χ1v) is 21.7. The molecule has 1 unspecified atom stereocenters. The summed E-state index contributed by atoms with van der Waals surface area (Å²) in [6, 6.07) is 2.93. The van der Waals surface area contributed by atoms with E-state index in [4.69, 9.17) is 4.52 Å². The van der Waals surface area contributed by atoms with Gasteiger partial charge in [0, 0.05) is 59.3 Å². The Labute approximate surface area is 368 Å². The minimum Gasteiger partial charge on any atom is -0.383 e. The van der Waals surface area contributed by atoms with Crippen molar-refractivity contribution in [1.82, 2.24) is 65.5 Å². The van der Waals surface area contributed by atoms with Crippen molar-refractivity contribution in [2.45, 2.75) is 132 Å². The van der Waals surface area contributed by atoms with Gasteiger partial charge in [-0.2, -0.15) is 19.8 Å². The molecule has 2 amide bonds. The van der Waals surface area contributed by atoms with Crippen molar-refractivity contribution in [1.29, 1.82) is 0 Å². The maximum atomic E-state index is 10.9. The van der Waals surface area contributed by atoms with Crippen molar-refractivity contribution in [3.05, 3.63) is 90.2 Å². The Morgan fingerprint density at radius 1 is 0.758 bits per heavy atom. The number of H-pyrrole nitrogens is 5. The van der Waals surface area contributed by atoms with Crippen LogP contribution in [0.3, 0.4) is 0 Å². The number of aromatic amines is 5. The number of nitrogens with zero attached hydrogens (tertiary/aromatic N) is 6. The summed E-state index contributed by atoms with van der Waals surface area (Å²) in [5.74, 6) is 4.83. The molecule has 0 aliphatic carbocycles. The normalized spacial score (nSPS) is 14.0. The molecule has 7 rings (SSSR count). The van der Waals surface area contributed by atoms with E-state index in [1.165, 1.54) is 18.5 Å². The number of carbonyl (C=O) groups is 3. The summed E-state index contributed by atoms with van der Waals surface area (Å²) < 4.78 is 15.6. The van der Waals surface area contributed by atoms with Crippen molar-refractivity contribution in [3.8, 4) is 0 Å². The van der Waals surface area contributed by atoms with Gasteiger partial charge in [0.1, 0.15) is 23.6 Å². The molecule has 2 aliphatic rings. The first kappa shape index (κ1) is 54.3. The number of nitrogens with one attached hydrogen (secondary N) is 7. The molecule has 0 aromatic carbocycles. The van der Waals surface area contributed by atoms with Gasteiger partial charge in [-0.25, -0.2) is 14.9 Å². The first-order chi connectivity index (χ1) is 29.0. The fourth-order valence-corrected chi connectivity index (χ4v) is 5.74. The fraction of sp³-hybridized carbons (Fsp3) is 0.590. The van der Waals surface area contributed by atoms with E-state index in [0.717, 1.165) is 46.5 Å². The van der Waals surface area contributed by atoms with Crippen molar-refractivity contribution in [2.24, 2.45) is 11.8 Å². The highest BCUT2D eigenvalue weighted by Gasteiger charge is 2.33. The van der Waals surface area contributed by atoms with Gasteiger partial charge in [0.05, 0.1) is 17.5 Å². The number of hydrogen-bond donors (Lipinski definition) is 7. The lowest BCUT2D eigenvalue weighted by Gasteiger charge is -2.06. The average Bonchev–Trinajstić information content (AvgIpc) is 4.03. The van der Waals surface area contributed by atoms with E-state index >= 15 is 0 Å². The predicted octanol–water partition coefficient (Wildman–Crippen LogP) is 6.08. The van der Waals surface area contributed by atoms with Crippen molar-refractivity contribution < 1.29 is 23.4 Å². The van der Waals surface area contributed by atoms with Crippen LogP contribution in [0.15, 0.2) is 53.7 Å². The molecule has 1 saturated heterocycles. The number of allylic oxidation sites excluding steroid dienone is 1. The molecule has 7 N–H and O–H groups in total. The van der Waals surface area contributed by atoms with Crippen LogP contribution in [0.25, 0.3) is 0 Å². The zero-order valence-electron chi connectivity index (χ0n) is 37.9. The molecule has 62 heavy (non-hydrogen) atoms. The topological polar surface area (TPSA) is 309 Å². The number of carbonyl (C=O) groups excluding carboxylic acids is 3. The molecule has 0 saturated carbocycles. The molecule has 1 fully saturated rings. The van der Waals surface area contributed by atoms with Crippen LogP contribution in [-0.2, 0) is 9.59 Å². The lowest BCUT2D eigenvalue weighted by atomic mass is 10.1. The van der Waals surface area contributed by atoms with Gasteiger partial charge in [-0.15, -0.1) is 10.2 Å². The number of thioether (sulfide) groups is 1. The third-order valence-electron chi connectivity index (χ3n) is 7.93. The summed E-state index contributed by atoms with van der Waals surface area (Å²) in [6.45, 7) is 28.5. The summed E-state index contributed by atoms with van der Waals surface area (Å²) in [4.78, 5) is 67.6. The Balaban J connectivity index is 0.000000362. The number of hydrogen-bond acceptors (Lipinski definition) is 17. The standard InChI is InChI=1S/C7H11NO.C6H9NO2S.2C6H9NO2.C5H9N3.C5H8N2OS.C4H8N4/c1-5(2)7-3-6(9)4-8-7;1-3(2)4-5(8)7-6(9)10-4;1-4(2)5-3-6(8)7-9-5;1-4(2)5-3-6(8)9-7-5;1-4(2)5-6-3-7-8-5;1-3(2)4-5(8)7-9-6-4;1-3(2)4-5-7-8-6-4/h3,5,8H,4H2,1-2H3;3-4H,1-2H3,(H,7,8,9);3-4H,1-2H3,(H,7,8);3-4,7H,1-2H3;3-4H,1-2H3,(H,6,7,8);3H,1-2H3,(H,7,8);3H,1-2H3,(H,5,6,7,8). The Bertz CT molecular complexity index is 2120. The van der Waals surface area contributed by atoms with Crippen molar-refractivity contribution in [2.75, 3.05) is 6.54 Å². The van der Waals surface area contributed by atoms with Gasteiger partial charge < -0.3 is 14.4 Å². The Hall–Kier alpha value is -5.71. The third-order valence-corrected chi connectivity index (χ3v) is 9.82. The second-order valence-corrected chi connectivity index (χ2v) is 17.5. The number of rotatable bonds is 7. The van der Waals surface area contributed by atoms with Gasteiger partial charge in [0.15, 0.2) is 11.6 Å². The first-order valence-electron chi connectivity index (χ1n) is 20.0. The number of imide groups is 1. The third kappa shape index (κ3) is 21.2. The molecular formula is C39H63N13O8S2. The SMILES string of the molecule is CC(C)C1=CC(=O)CN1.CC(C)C1SC(=O)NC1=O.CC(C)c1cc(=O)[nH]o1.CC(C)c1cc(=O)o[nH]1.CC(C)c1ncn[nH]1.CC(C)c1nn[nH]n1.CC(C)c1ns[nH]c1=O. The Morgan fingerprint density at radius 2 is 1.44 bits per heavy atom. The largest absolute Gasteiger partial charge is 0.383 e. The zero-order chi connectivity index (χ0) is 47.1. The Morgan fingerprint density at radius 3 is 1.66 bits per heavy atom. The molecule has 5 aromatic rings. The van der Waals surface area contributed by atoms with E-state index in [0.29, 0.717) is 41.7 Å². The van der Waals surface area contributed by atoms with E-state index in [2.05, 4.69) is 97.7 Å². The van der Waals surface area contributed by atoms with Crippen LogP contribution in [0.1, 0.15) is 155 Å². The highest BCUT2D eigenvalue weighted by Crippen LogP contribution is 2.25. The minimum atomic E-state index is -0.307. The van der Waals surface area contributed by atoms with Gasteiger partial charge in [-0.1, -0.05) is 114 Å². The van der Waals surface area contributed by atoms with Crippen LogP contribution in [0, 0.1) is 11.8 Å². The fourth-order valence-electron chi connectivity index (χ4n) is 4.29. The average molecular weight is 906 g/mol. The van der Waals surface area contributed by atoms with E-state index < -0.39 is 0 Å². The number of tetrazole rings is 1. The van der Waals surface area contributed by atoms with E-state index in [1.807, 2.05) is 69.2 Å². The second-order valence-electron chi connectivity index (χ2n) is 15.8.